The number of anilines is 1. The third-order valence-corrected chi connectivity index (χ3v) is 3.71. The highest BCUT2D eigenvalue weighted by Gasteiger charge is 2.31. The van der Waals surface area contributed by atoms with E-state index in [9.17, 15) is 9.59 Å². The first-order valence-electron chi connectivity index (χ1n) is 5.31. The van der Waals surface area contributed by atoms with Crippen molar-refractivity contribution in [1.82, 2.24) is 4.98 Å². The first-order valence-corrected chi connectivity index (χ1v) is 6.13. The van der Waals surface area contributed by atoms with E-state index in [1.165, 1.54) is 4.90 Å². The lowest BCUT2D eigenvalue weighted by molar-refractivity contribution is -0.117. The van der Waals surface area contributed by atoms with Crippen LogP contribution in [0.2, 0.25) is 0 Å². The molecule has 0 radical (unpaired) electrons. The molecule has 0 aromatic carbocycles. The molecule has 1 saturated heterocycles. The molecule has 6 nitrogen and oxygen atoms in total. The summed E-state index contributed by atoms with van der Waals surface area (Å²) in [6.45, 7) is 2.25. The van der Waals surface area contributed by atoms with Gasteiger partial charge >= 0.3 is 5.97 Å². The molecule has 2 heterocycles. The lowest BCUT2D eigenvalue weighted by atomic mass is 10.3. The Morgan fingerprint density at radius 1 is 1.71 bits per heavy atom. The number of nitrogens with zero attached hydrogens (tertiary/aromatic N) is 2. The SMILES string of the molecule is CCc1nc(N2CC(N)CC2=O)sc1C(=O)O. The molecule has 1 amide bonds. The van der Waals surface area contributed by atoms with Crippen LogP contribution in [0, 0.1) is 0 Å². The summed E-state index contributed by atoms with van der Waals surface area (Å²) in [6.07, 6.45) is 0.829. The number of rotatable bonds is 3. The minimum atomic E-state index is -0.999. The van der Waals surface area contributed by atoms with Crippen molar-refractivity contribution >= 4 is 28.3 Å². The summed E-state index contributed by atoms with van der Waals surface area (Å²) in [5.41, 5.74) is 6.21. The van der Waals surface area contributed by atoms with Gasteiger partial charge in [-0.15, -0.1) is 0 Å². The lowest BCUT2D eigenvalue weighted by Gasteiger charge is -2.10. The second-order valence-electron chi connectivity index (χ2n) is 3.90. The van der Waals surface area contributed by atoms with Gasteiger partial charge in [0.05, 0.1) is 5.69 Å². The van der Waals surface area contributed by atoms with E-state index in [4.69, 9.17) is 10.8 Å². The smallest absolute Gasteiger partial charge is 0.347 e. The molecule has 1 aromatic rings. The van der Waals surface area contributed by atoms with Crippen LogP contribution in [-0.4, -0.2) is 34.6 Å². The van der Waals surface area contributed by atoms with E-state index in [-0.39, 0.29) is 16.8 Å². The lowest BCUT2D eigenvalue weighted by Crippen LogP contribution is -2.27. The van der Waals surface area contributed by atoms with Crippen molar-refractivity contribution in [1.29, 1.82) is 0 Å². The van der Waals surface area contributed by atoms with Crippen LogP contribution >= 0.6 is 11.3 Å². The Bertz CT molecular complexity index is 471. The number of carbonyl (C=O) groups is 2. The van der Waals surface area contributed by atoms with Gasteiger partial charge in [-0.25, -0.2) is 9.78 Å². The number of carbonyl (C=O) groups excluding carboxylic acids is 1. The molecule has 1 aromatic heterocycles. The van der Waals surface area contributed by atoms with Crippen molar-refractivity contribution in [3.8, 4) is 0 Å². The van der Waals surface area contributed by atoms with Crippen molar-refractivity contribution in [2.24, 2.45) is 5.73 Å². The molecular formula is C10H13N3O3S. The normalized spacial score (nSPS) is 20.0. The summed E-state index contributed by atoms with van der Waals surface area (Å²) in [5.74, 6) is -1.09. The number of aryl methyl sites for hydroxylation is 1. The Morgan fingerprint density at radius 2 is 2.41 bits per heavy atom. The molecule has 1 fully saturated rings. The van der Waals surface area contributed by atoms with E-state index in [0.717, 1.165) is 11.3 Å². The Balaban J connectivity index is 2.34. The minimum Gasteiger partial charge on any atom is -0.477 e. The Hall–Kier alpha value is -1.47. The highest BCUT2D eigenvalue weighted by molar-refractivity contribution is 7.17. The maximum absolute atomic E-state index is 11.6. The average molecular weight is 255 g/mol. The molecule has 17 heavy (non-hydrogen) atoms. The van der Waals surface area contributed by atoms with Crippen LogP contribution in [0.25, 0.3) is 0 Å². The number of thiazole rings is 1. The van der Waals surface area contributed by atoms with E-state index in [1.54, 1.807) is 0 Å². The Labute approximate surface area is 102 Å². The molecule has 92 valence electrons. The number of amides is 1. The quantitative estimate of drug-likeness (QED) is 0.818. The van der Waals surface area contributed by atoms with Crippen LogP contribution in [0.3, 0.4) is 0 Å². The summed E-state index contributed by atoms with van der Waals surface area (Å²) in [6, 6.07) is -0.190. The molecule has 3 N–H and O–H groups in total. The zero-order valence-electron chi connectivity index (χ0n) is 9.34. The van der Waals surface area contributed by atoms with Crippen molar-refractivity contribution in [3.05, 3.63) is 10.6 Å². The van der Waals surface area contributed by atoms with Crippen molar-refractivity contribution in [2.75, 3.05) is 11.4 Å². The van der Waals surface area contributed by atoms with Gasteiger partial charge in [-0.1, -0.05) is 18.3 Å². The van der Waals surface area contributed by atoms with Gasteiger partial charge < -0.3 is 10.8 Å². The molecule has 1 atom stereocenters. The van der Waals surface area contributed by atoms with Gasteiger partial charge in [0, 0.05) is 19.0 Å². The fraction of sp³-hybridized carbons (Fsp3) is 0.500. The minimum absolute atomic E-state index is 0.0918. The molecule has 1 aliphatic heterocycles. The van der Waals surface area contributed by atoms with Crippen molar-refractivity contribution < 1.29 is 14.7 Å². The fourth-order valence-electron chi connectivity index (χ4n) is 1.78. The molecule has 7 heteroatoms. The zero-order valence-corrected chi connectivity index (χ0v) is 10.2. The van der Waals surface area contributed by atoms with E-state index in [1.807, 2.05) is 6.92 Å². The highest BCUT2D eigenvalue weighted by atomic mass is 32.1. The van der Waals surface area contributed by atoms with E-state index in [2.05, 4.69) is 4.98 Å². The van der Waals surface area contributed by atoms with Crippen LogP contribution in [0.15, 0.2) is 0 Å². The van der Waals surface area contributed by atoms with Crippen LogP contribution in [0.4, 0.5) is 5.13 Å². The number of carboxylic acid groups (broad SMARTS) is 1. The predicted molar refractivity (Wildman–Crippen MR) is 63.4 cm³/mol. The van der Waals surface area contributed by atoms with Gasteiger partial charge in [0.1, 0.15) is 4.88 Å². The van der Waals surface area contributed by atoms with Crippen LogP contribution in [0.1, 0.15) is 28.7 Å². The summed E-state index contributed by atoms with van der Waals surface area (Å²) in [7, 11) is 0. The zero-order chi connectivity index (χ0) is 12.6. The number of aromatic carboxylic acids is 1. The van der Waals surface area contributed by atoms with Crippen LogP contribution in [-0.2, 0) is 11.2 Å². The Morgan fingerprint density at radius 3 is 2.82 bits per heavy atom. The molecule has 1 aliphatic rings. The van der Waals surface area contributed by atoms with Crippen LogP contribution < -0.4 is 10.6 Å². The standard InChI is InChI=1S/C10H13N3O3S/c1-2-6-8(9(15)16)17-10(12-6)13-4-5(11)3-7(13)14/h5H,2-4,11H2,1H3,(H,15,16). The second-order valence-corrected chi connectivity index (χ2v) is 4.88. The maximum atomic E-state index is 11.6. The Kier molecular flexibility index (Phi) is 3.12. The van der Waals surface area contributed by atoms with E-state index in [0.29, 0.717) is 30.2 Å². The molecule has 0 saturated carbocycles. The van der Waals surface area contributed by atoms with Gasteiger partial charge in [-0.05, 0) is 6.42 Å². The van der Waals surface area contributed by atoms with E-state index >= 15 is 0 Å². The molecular weight excluding hydrogens is 242 g/mol. The monoisotopic (exact) mass is 255 g/mol. The fourth-order valence-corrected chi connectivity index (χ4v) is 2.80. The van der Waals surface area contributed by atoms with Gasteiger partial charge in [0.2, 0.25) is 5.91 Å². The van der Waals surface area contributed by atoms with Crippen LogP contribution in [0.5, 0.6) is 0 Å². The molecule has 0 spiro atoms. The highest BCUT2D eigenvalue weighted by Crippen LogP contribution is 2.29. The first kappa shape index (κ1) is 12.0. The van der Waals surface area contributed by atoms with Gasteiger partial charge in [0.25, 0.3) is 0 Å². The number of nitrogens with two attached hydrogens (primary N) is 1. The third-order valence-electron chi connectivity index (χ3n) is 2.60. The molecule has 0 aliphatic carbocycles. The first-order chi connectivity index (χ1) is 8.02. The molecule has 1 unspecified atom stereocenters. The maximum Gasteiger partial charge on any atom is 0.347 e. The third kappa shape index (κ3) is 2.16. The van der Waals surface area contributed by atoms with Crippen molar-refractivity contribution in [3.63, 3.8) is 0 Å². The largest absolute Gasteiger partial charge is 0.477 e. The summed E-state index contributed by atoms with van der Waals surface area (Å²) < 4.78 is 0. The van der Waals surface area contributed by atoms with E-state index < -0.39 is 5.97 Å². The number of hydrogen-bond acceptors (Lipinski definition) is 5. The van der Waals surface area contributed by atoms with Gasteiger partial charge in [-0.2, -0.15) is 0 Å². The van der Waals surface area contributed by atoms with Gasteiger partial charge in [0.15, 0.2) is 5.13 Å². The number of hydrogen-bond donors (Lipinski definition) is 2. The summed E-state index contributed by atoms with van der Waals surface area (Å²) in [4.78, 5) is 28.5. The van der Waals surface area contributed by atoms with Crippen molar-refractivity contribution in [2.45, 2.75) is 25.8 Å². The molecule has 2 rings (SSSR count). The summed E-state index contributed by atoms with van der Waals surface area (Å²) >= 11 is 1.03. The van der Waals surface area contributed by atoms with Gasteiger partial charge in [-0.3, -0.25) is 9.69 Å². The second kappa shape index (κ2) is 4.42. The molecule has 0 bridgehead atoms. The predicted octanol–water partition coefficient (Wildman–Crippen LogP) is 0.468. The summed E-state index contributed by atoms with van der Waals surface area (Å²) in [5, 5.41) is 9.45. The number of aromatic nitrogens is 1. The topological polar surface area (TPSA) is 96.5 Å². The number of carboxylic acids is 1. The average Bonchev–Trinajstić information content (AvgIpc) is 2.81.